The minimum absolute atomic E-state index is 0.00975. The number of ether oxygens (including phenoxy) is 1. The number of nitrogens with one attached hydrogen (secondary N) is 2. The molecule has 2 aliphatic rings. The van der Waals surface area contributed by atoms with Gasteiger partial charge in [0.1, 0.15) is 24.6 Å². The Morgan fingerprint density at radius 2 is 1.70 bits per heavy atom. The van der Waals surface area contributed by atoms with Crippen LogP contribution in [-0.4, -0.2) is 113 Å². The average Bonchev–Trinajstić information content (AvgIpc) is 3.59. The molecule has 0 aliphatic carbocycles. The van der Waals surface area contributed by atoms with Crippen molar-refractivity contribution in [1.29, 1.82) is 0 Å². The van der Waals surface area contributed by atoms with Gasteiger partial charge in [0.25, 0.3) is 0 Å². The molecule has 10 N–H and O–H groups in total. The van der Waals surface area contributed by atoms with Crippen LogP contribution in [0.2, 0.25) is 0 Å². The Morgan fingerprint density at radius 1 is 1.02 bits per heavy atom. The summed E-state index contributed by atoms with van der Waals surface area (Å²) in [5, 5.41) is 46.7. The number of aliphatic hydroxyl groups excluding tert-OH is 4. The molecule has 2 aromatic heterocycles. The van der Waals surface area contributed by atoms with E-state index in [1.165, 1.54) is 17.3 Å². The molecule has 19 nitrogen and oxygen atoms in total. The van der Waals surface area contributed by atoms with Crippen LogP contribution < -0.4 is 16.4 Å². The summed E-state index contributed by atoms with van der Waals surface area (Å²) in [7, 11) is -10.5. The Labute approximate surface area is 253 Å². The maximum Gasteiger partial charge on any atom is 0.481 e. The lowest BCUT2D eigenvalue weighted by molar-refractivity contribution is -0.0495. The first-order chi connectivity index (χ1) is 20.8. The molecule has 21 heteroatoms. The number of aromatic nitrogens is 4. The van der Waals surface area contributed by atoms with Gasteiger partial charge >= 0.3 is 15.6 Å². The lowest BCUT2D eigenvalue weighted by Crippen LogP contribution is -2.36. The number of nitrogens with two attached hydrogens (primary N) is 1. The summed E-state index contributed by atoms with van der Waals surface area (Å²) in [6.45, 7) is 1.21. The van der Waals surface area contributed by atoms with Crippen molar-refractivity contribution in [3.05, 3.63) is 6.33 Å². The molecule has 0 radical (unpaired) electrons. The first kappa shape index (κ1) is 35.0. The van der Waals surface area contributed by atoms with Gasteiger partial charge in [0.05, 0.1) is 31.5 Å². The molecule has 250 valence electrons. The van der Waals surface area contributed by atoms with Crippen molar-refractivity contribution in [3.8, 4) is 0 Å². The van der Waals surface area contributed by atoms with Crippen LogP contribution in [-0.2, 0) is 27.2 Å². The maximum atomic E-state index is 12.4. The molecule has 2 unspecified atom stereocenters. The zero-order chi connectivity index (χ0) is 32.1. The lowest BCUT2D eigenvalue weighted by Gasteiger charge is -2.21. The fraction of sp³-hybridized carbons (Fsp3) is 0.783. The third kappa shape index (κ3) is 8.70. The van der Waals surface area contributed by atoms with Crippen LogP contribution in [0.1, 0.15) is 51.7 Å². The highest BCUT2D eigenvalue weighted by atomic mass is 31.3. The zero-order valence-corrected chi connectivity index (χ0v) is 25.9. The quantitative estimate of drug-likeness (QED) is 0.0774. The van der Waals surface area contributed by atoms with Crippen LogP contribution in [0.15, 0.2) is 6.33 Å². The summed E-state index contributed by atoms with van der Waals surface area (Å²) in [6.07, 6.45) is -0.759. The summed E-state index contributed by atoms with van der Waals surface area (Å²) in [5.74, 6) is 0.315. The number of aliphatic hydroxyl groups is 4. The number of rotatable bonds is 17. The van der Waals surface area contributed by atoms with Crippen molar-refractivity contribution in [2.75, 3.05) is 37.4 Å². The first-order valence-electron chi connectivity index (χ1n) is 14.3. The predicted molar refractivity (Wildman–Crippen MR) is 154 cm³/mol. The van der Waals surface area contributed by atoms with Crippen LogP contribution in [0.5, 0.6) is 0 Å². The van der Waals surface area contributed by atoms with Gasteiger partial charge in [-0.25, -0.2) is 24.1 Å². The molecule has 2 aliphatic heterocycles. The van der Waals surface area contributed by atoms with E-state index >= 15 is 0 Å². The second-order valence-electron chi connectivity index (χ2n) is 10.7. The Balaban J connectivity index is 1.38. The van der Waals surface area contributed by atoms with E-state index in [2.05, 4.69) is 41.3 Å². The SMILES string of the molecule is CCCCCCCCNc1nc2c(N)ncnc2n1[C@@H]1O[C@H](COP(=O)(O)OP(=O)(O)OC[C@H]2NC[C@H](O)[C@@H]2O)[C@@H](O)[C@H]1O. The van der Waals surface area contributed by atoms with Gasteiger partial charge in [-0.15, -0.1) is 0 Å². The standard InChI is InChI=1S/C23H41N7O12P2/c1-2-3-4-5-6-7-8-25-23-29-16-20(24)27-12-28-21(16)30(23)22-19(34)18(33)15(41-22)11-40-44(37,38)42-43(35,36)39-10-13-17(32)14(31)9-26-13/h12-15,17-19,22,26,31-34H,2-11H2,1H3,(H,25,29)(H,35,36)(H,37,38)(H2,24,27,28)/t13-,14+,15-,17-,18-,19-,22-/m1/s1. The van der Waals surface area contributed by atoms with Crippen LogP contribution in [0.4, 0.5) is 11.8 Å². The number of fused-ring (bicyclic) bond motifs is 1. The topological polar surface area (TPSA) is 286 Å². The van der Waals surface area contributed by atoms with E-state index < -0.39 is 71.6 Å². The molecule has 4 heterocycles. The number of phosphoric acid groups is 2. The fourth-order valence-corrected chi connectivity index (χ4v) is 7.04. The van der Waals surface area contributed by atoms with Crippen molar-refractivity contribution < 1.29 is 57.4 Å². The van der Waals surface area contributed by atoms with Crippen LogP contribution in [0, 0.1) is 0 Å². The van der Waals surface area contributed by atoms with Gasteiger partial charge in [0.15, 0.2) is 23.2 Å². The summed E-state index contributed by atoms with van der Waals surface area (Å²) in [5.41, 5.74) is 6.41. The molecule has 2 saturated heterocycles. The van der Waals surface area contributed by atoms with Crippen LogP contribution in [0.25, 0.3) is 11.2 Å². The number of β-amino-alcohol motifs (C(OH)–C–C–N with tert-alkyl or cyclic N) is 1. The summed E-state index contributed by atoms with van der Waals surface area (Å²) in [6, 6.07) is -0.932. The van der Waals surface area contributed by atoms with Crippen LogP contribution in [0.3, 0.4) is 0 Å². The molecular formula is C23H41N7O12P2. The minimum Gasteiger partial charge on any atom is -0.389 e. The molecule has 0 spiro atoms. The minimum atomic E-state index is -5.28. The number of nitrogen functional groups attached to an aromatic ring is 1. The van der Waals surface area contributed by atoms with E-state index in [0.717, 1.165) is 32.1 Å². The number of phosphoric ester groups is 2. The largest absolute Gasteiger partial charge is 0.481 e. The number of hydrogen-bond acceptors (Lipinski definition) is 16. The van der Waals surface area contributed by atoms with E-state index in [4.69, 9.17) is 15.0 Å². The summed E-state index contributed by atoms with van der Waals surface area (Å²) < 4.78 is 45.6. The van der Waals surface area contributed by atoms with Crippen LogP contribution >= 0.6 is 15.6 Å². The number of nitrogens with zero attached hydrogens (tertiary/aromatic N) is 4. The monoisotopic (exact) mass is 669 g/mol. The Bertz CT molecular complexity index is 1340. The van der Waals surface area contributed by atoms with Gasteiger partial charge in [-0.05, 0) is 6.42 Å². The Hall–Kier alpha value is -1.83. The fourth-order valence-electron chi connectivity index (χ4n) is 4.94. The van der Waals surface area contributed by atoms with Gasteiger partial charge in [0, 0.05) is 13.1 Å². The smallest absolute Gasteiger partial charge is 0.389 e. The van der Waals surface area contributed by atoms with E-state index in [-0.39, 0.29) is 29.5 Å². The Kier molecular flexibility index (Phi) is 12.1. The van der Waals surface area contributed by atoms with Gasteiger partial charge < -0.3 is 51.3 Å². The molecule has 2 fully saturated rings. The third-order valence-corrected chi connectivity index (χ3v) is 9.93. The molecule has 2 aromatic rings. The average molecular weight is 670 g/mol. The van der Waals surface area contributed by atoms with Crippen molar-refractivity contribution in [2.45, 2.75) is 88.2 Å². The van der Waals surface area contributed by atoms with Gasteiger partial charge in [-0.2, -0.15) is 4.31 Å². The highest BCUT2D eigenvalue weighted by Gasteiger charge is 2.47. The van der Waals surface area contributed by atoms with E-state index in [1.807, 2.05) is 0 Å². The number of anilines is 2. The molecular weight excluding hydrogens is 628 g/mol. The van der Waals surface area contributed by atoms with E-state index in [0.29, 0.717) is 6.54 Å². The molecule has 0 bridgehead atoms. The Morgan fingerprint density at radius 3 is 2.39 bits per heavy atom. The third-order valence-electron chi connectivity index (χ3n) is 7.33. The van der Waals surface area contributed by atoms with Gasteiger partial charge in [0.2, 0.25) is 5.95 Å². The molecule has 0 aromatic carbocycles. The normalized spacial score (nSPS) is 30.0. The molecule has 44 heavy (non-hydrogen) atoms. The molecule has 0 saturated carbocycles. The van der Waals surface area contributed by atoms with Crippen molar-refractivity contribution in [3.63, 3.8) is 0 Å². The molecule has 4 rings (SSSR count). The number of imidazole rings is 1. The second kappa shape index (κ2) is 15.2. The maximum absolute atomic E-state index is 12.4. The second-order valence-corrected chi connectivity index (χ2v) is 13.7. The highest BCUT2D eigenvalue weighted by molar-refractivity contribution is 7.61. The van der Waals surface area contributed by atoms with Gasteiger partial charge in [-0.3, -0.25) is 13.6 Å². The van der Waals surface area contributed by atoms with E-state index in [1.54, 1.807) is 0 Å². The zero-order valence-electron chi connectivity index (χ0n) is 24.1. The predicted octanol–water partition coefficient (Wildman–Crippen LogP) is -0.256. The van der Waals surface area contributed by atoms with Gasteiger partial charge in [-0.1, -0.05) is 39.0 Å². The molecule has 9 atom stereocenters. The van der Waals surface area contributed by atoms with Crippen molar-refractivity contribution in [1.82, 2.24) is 24.8 Å². The highest BCUT2D eigenvalue weighted by Crippen LogP contribution is 2.60. The van der Waals surface area contributed by atoms with Crippen molar-refractivity contribution in [2.24, 2.45) is 0 Å². The van der Waals surface area contributed by atoms with Crippen molar-refractivity contribution >= 4 is 38.6 Å². The summed E-state index contributed by atoms with van der Waals surface area (Å²) >= 11 is 0. The van der Waals surface area contributed by atoms with E-state index in [9.17, 15) is 39.3 Å². The number of hydrogen-bond donors (Lipinski definition) is 9. The number of unbranched alkanes of at least 4 members (excludes halogenated alkanes) is 5. The molecule has 0 amide bonds. The lowest BCUT2D eigenvalue weighted by atomic mass is 10.1. The summed E-state index contributed by atoms with van der Waals surface area (Å²) in [4.78, 5) is 32.5. The first-order valence-corrected chi connectivity index (χ1v) is 17.3.